The average Bonchev–Trinajstić information content (AvgIpc) is 2.41. The van der Waals surface area contributed by atoms with Crippen LogP contribution in [-0.4, -0.2) is 21.4 Å². The Morgan fingerprint density at radius 3 is 2.44 bits per heavy atom. The van der Waals surface area contributed by atoms with Gasteiger partial charge in [-0.3, -0.25) is 0 Å². The predicted molar refractivity (Wildman–Crippen MR) is 70.7 cm³/mol. The lowest BCUT2D eigenvalue weighted by Gasteiger charge is -2.26. The molecule has 1 aromatic carbocycles. The molecule has 1 saturated carbocycles. The molecule has 1 aliphatic rings. The number of aryl methyl sites for hydroxylation is 1. The SMILES string of the molecule is Oc1ccc(CCC(O)C2CCCCC2)cc1O. The van der Waals surface area contributed by atoms with Crippen LogP contribution in [0, 0.1) is 5.92 Å². The van der Waals surface area contributed by atoms with Crippen LogP contribution in [0.3, 0.4) is 0 Å². The highest BCUT2D eigenvalue weighted by atomic mass is 16.3. The van der Waals surface area contributed by atoms with Crippen molar-refractivity contribution < 1.29 is 15.3 Å². The highest BCUT2D eigenvalue weighted by Gasteiger charge is 2.21. The molecule has 18 heavy (non-hydrogen) atoms. The average molecular weight is 250 g/mol. The van der Waals surface area contributed by atoms with Gasteiger partial charge < -0.3 is 15.3 Å². The number of hydrogen-bond donors (Lipinski definition) is 3. The summed E-state index contributed by atoms with van der Waals surface area (Å²) in [6.45, 7) is 0. The molecule has 0 bridgehead atoms. The van der Waals surface area contributed by atoms with Crippen molar-refractivity contribution in [1.82, 2.24) is 0 Å². The predicted octanol–water partition coefficient (Wildman–Crippen LogP) is 2.97. The second-order valence-corrected chi connectivity index (χ2v) is 5.33. The minimum absolute atomic E-state index is 0.0837. The summed E-state index contributed by atoms with van der Waals surface area (Å²) >= 11 is 0. The Morgan fingerprint density at radius 2 is 1.78 bits per heavy atom. The second-order valence-electron chi connectivity index (χ2n) is 5.33. The number of phenolic OH excluding ortho intramolecular Hbond substituents is 2. The van der Waals surface area contributed by atoms with Gasteiger partial charge in [0.05, 0.1) is 6.10 Å². The fourth-order valence-electron chi connectivity index (χ4n) is 2.79. The van der Waals surface area contributed by atoms with Gasteiger partial charge >= 0.3 is 0 Å². The van der Waals surface area contributed by atoms with E-state index in [1.165, 1.54) is 25.3 Å². The molecule has 0 aromatic heterocycles. The van der Waals surface area contributed by atoms with Gasteiger partial charge in [0, 0.05) is 0 Å². The van der Waals surface area contributed by atoms with Crippen molar-refractivity contribution in [1.29, 1.82) is 0 Å². The minimum atomic E-state index is -0.235. The van der Waals surface area contributed by atoms with Gasteiger partial charge in [-0.15, -0.1) is 0 Å². The zero-order valence-corrected chi connectivity index (χ0v) is 10.7. The van der Waals surface area contributed by atoms with E-state index >= 15 is 0 Å². The molecule has 3 heteroatoms. The molecule has 3 nitrogen and oxygen atoms in total. The zero-order chi connectivity index (χ0) is 13.0. The summed E-state index contributed by atoms with van der Waals surface area (Å²) < 4.78 is 0. The van der Waals surface area contributed by atoms with E-state index in [1.807, 2.05) is 0 Å². The summed E-state index contributed by atoms with van der Waals surface area (Å²) in [6.07, 6.45) is 7.30. The summed E-state index contributed by atoms with van der Waals surface area (Å²) in [7, 11) is 0. The van der Waals surface area contributed by atoms with E-state index in [4.69, 9.17) is 0 Å². The topological polar surface area (TPSA) is 60.7 Å². The van der Waals surface area contributed by atoms with Crippen LogP contribution in [0.2, 0.25) is 0 Å². The number of aliphatic hydroxyl groups is 1. The number of aliphatic hydroxyl groups excluding tert-OH is 1. The lowest BCUT2D eigenvalue weighted by Crippen LogP contribution is -2.23. The number of benzene rings is 1. The van der Waals surface area contributed by atoms with Gasteiger partial charge in [-0.2, -0.15) is 0 Å². The van der Waals surface area contributed by atoms with Crippen molar-refractivity contribution >= 4 is 0 Å². The van der Waals surface area contributed by atoms with Gasteiger partial charge in [-0.1, -0.05) is 25.3 Å². The maximum atomic E-state index is 10.1. The Morgan fingerprint density at radius 1 is 1.06 bits per heavy atom. The van der Waals surface area contributed by atoms with E-state index in [-0.39, 0.29) is 17.6 Å². The zero-order valence-electron chi connectivity index (χ0n) is 10.7. The molecule has 0 heterocycles. The molecule has 1 atom stereocenters. The molecule has 100 valence electrons. The maximum Gasteiger partial charge on any atom is 0.157 e. The molecule has 1 aromatic rings. The lowest BCUT2D eigenvalue weighted by atomic mass is 9.83. The van der Waals surface area contributed by atoms with Gasteiger partial charge in [-0.05, 0) is 49.3 Å². The molecule has 0 saturated heterocycles. The van der Waals surface area contributed by atoms with Crippen molar-refractivity contribution in [2.24, 2.45) is 5.92 Å². The summed E-state index contributed by atoms with van der Waals surface area (Å²) in [5, 5.41) is 28.8. The number of phenols is 2. The first-order valence-corrected chi connectivity index (χ1v) is 6.86. The lowest BCUT2D eigenvalue weighted by molar-refractivity contribution is 0.0775. The fourth-order valence-corrected chi connectivity index (χ4v) is 2.79. The fraction of sp³-hybridized carbons (Fsp3) is 0.600. The van der Waals surface area contributed by atoms with Crippen molar-refractivity contribution in [3.05, 3.63) is 23.8 Å². The van der Waals surface area contributed by atoms with Crippen LogP contribution >= 0.6 is 0 Å². The summed E-state index contributed by atoms with van der Waals surface area (Å²) in [4.78, 5) is 0. The minimum Gasteiger partial charge on any atom is -0.504 e. The van der Waals surface area contributed by atoms with E-state index in [1.54, 1.807) is 12.1 Å². The largest absolute Gasteiger partial charge is 0.504 e. The molecule has 0 amide bonds. The molecule has 3 N–H and O–H groups in total. The molecule has 0 spiro atoms. The first-order chi connectivity index (χ1) is 8.66. The molecule has 2 rings (SSSR count). The van der Waals surface area contributed by atoms with E-state index < -0.39 is 0 Å². The summed E-state index contributed by atoms with van der Waals surface area (Å²) in [6, 6.07) is 4.86. The van der Waals surface area contributed by atoms with Crippen LogP contribution in [0.1, 0.15) is 44.1 Å². The Hall–Kier alpha value is -1.22. The molecule has 1 fully saturated rings. The number of hydrogen-bond acceptors (Lipinski definition) is 3. The van der Waals surface area contributed by atoms with E-state index in [0.717, 1.165) is 31.2 Å². The van der Waals surface area contributed by atoms with E-state index in [9.17, 15) is 15.3 Å². The number of rotatable bonds is 4. The van der Waals surface area contributed by atoms with Gasteiger partial charge in [0.15, 0.2) is 11.5 Å². The third-order valence-electron chi connectivity index (χ3n) is 3.96. The quantitative estimate of drug-likeness (QED) is 0.720. The standard InChI is InChI=1S/C15H22O3/c16-13(12-4-2-1-3-5-12)8-6-11-7-9-14(17)15(18)10-11/h7,9-10,12-13,16-18H,1-6,8H2. The van der Waals surface area contributed by atoms with Crippen molar-refractivity contribution in [2.45, 2.75) is 51.0 Å². The molecule has 0 radical (unpaired) electrons. The highest BCUT2D eigenvalue weighted by molar-refractivity contribution is 5.40. The third kappa shape index (κ3) is 3.39. The van der Waals surface area contributed by atoms with Crippen LogP contribution in [0.15, 0.2) is 18.2 Å². The summed E-state index contributed by atoms with van der Waals surface area (Å²) in [5.74, 6) is 0.274. The van der Waals surface area contributed by atoms with Gasteiger partial charge in [0.2, 0.25) is 0 Å². The van der Waals surface area contributed by atoms with Gasteiger partial charge in [-0.25, -0.2) is 0 Å². The monoisotopic (exact) mass is 250 g/mol. The number of aromatic hydroxyl groups is 2. The van der Waals surface area contributed by atoms with Gasteiger partial charge in [0.25, 0.3) is 0 Å². The summed E-state index contributed by atoms with van der Waals surface area (Å²) in [5.41, 5.74) is 0.958. The third-order valence-corrected chi connectivity index (χ3v) is 3.96. The first-order valence-electron chi connectivity index (χ1n) is 6.86. The van der Waals surface area contributed by atoms with E-state index in [0.29, 0.717) is 5.92 Å². The Balaban J connectivity index is 1.84. The van der Waals surface area contributed by atoms with Crippen molar-refractivity contribution in [3.8, 4) is 11.5 Å². The molecular formula is C15H22O3. The Kier molecular flexibility index (Phi) is 4.48. The Bertz CT molecular complexity index is 383. The van der Waals surface area contributed by atoms with Crippen molar-refractivity contribution in [2.75, 3.05) is 0 Å². The van der Waals surface area contributed by atoms with Crippen LogP contribution in [0.5, 0.6) is 11.5 Å². The highest BCUT2D eigenvalue weighted by Crippen LogP contribution is 2.29. The molecule has 1 aliphatic carbocycles. The van der Waals surface area contributed by atoms with E-state index in [2.05, 4.69) is 0 Å². The molecule has 1 unspecified atom stereocenters. The molecule has 0 aliphatic heterocycles. The van der Waals surface area contributed by atoms with Gasteiger partial charge in [0.1, 0.15) is 0 Å². The smallest absolute Gasteiger partial charge is 0.157 e. The van der Waals surface area contributed by atoms with Crippen LogP contribution in [-0.2, 0) is 6.42 Å². The van der Waals surface area contributed by atoms with Crippen LogP contribution < -0.4 is 0 Å². The molecular weight excluding hydrogens is 228 g/mol. The first kappa shape index (κ1) is 13.2. The Labute approximate surface area is 108 Å². The maximum absolute atomic E-state index is 10.1. The van der Waals surface area contributed by atoms with Crippen LogP contribution in [0.4, 0.5) is 0 Å². The van der Waals surface area contributed by atoms with Crippen molar-refractivity contribution in [3.63, 3.8) is 0 Å². The second kappa shape index (κ2) is 6.10. The normalized spacial score (nSPS) is 18.7. The van der Waals surface area contributed by atoms with Crippen LogP contribution in [0.25, 0.3) is 0 Å².